The van der Waals surface area contributed by atoms with Gasteiger partial charge in [0.05, 0.1) is 23.9 Å². The SMILES string of the molecule is CCn1cc(C(=O)N2CCC3(CC2)CN(C(C)=O)[C@@](C)(CO)C3)cn1. The van der Waals surface area contributed by atoms with E-state index in [9.17, 15) is 14.7 Å². The third kappa shape index (κ3) is 3.17. The molecule has 0 bridgehead atoms. The maximum Gasteiger partial charge on any atom is 0.257 e. The zero-order chi connectivity index (χ0) is 18.2. The van der Waals surface area contributed by atoms with Gasteiger partial charge in [-0.05, 0) is 38.5 Å². The second-order valence-electron chi connectivity index (χ2n) is 7.81. The van der Waals surface area contributed by atoms with Gasteiger partial charge >= 0.3 is 0 Å². The number of amides is 2. The summed E-state index contributed by atoms with van der Waals surface area (Å²) in [5.41, 5.74) is 0.156. The van der Waals surface area contributed by atoms with E-state index in [1.807, 2.05) is 23.6 Å². The minimum Gasteiger partial charge on any atom is -0.394 e. The lowest BCUT2D eigenvalue weighted by atomic mass is 9.74. The van der Waals surface area contributed by atoms with Crippen molar-refractivity contribution in [3.8, 4) is 0 Å². The van der Waals surface area contributed by atoms with Gasteiger partial charge in [0.2, 0.25) is 5.91 Å². The molecule has 3 heterocycles. The molecule has 7 heteroatoms. The molecule has 0 aromatic carbocycles. The van der Waals surface area contributed by atoms with Crippen LogP contribution >= 0.6 is 0 Å². The summed E-state index contributed by atoms with van der Waals surface area (Å²) >= 11 is 0. The van der Waals surface area contributed by atoms with E-state index < -0.39 is 5.54 Å². The first-order chi connectivity index (χ1) is 11.8. The maximum absolute atomic E-state index is 12.7. The summed E-state index contributed by atoms with van der Waals surface area (Å²) in [6.45, 7) is 8.29. The molecular formula is C18H28N4O3. The third-order valence-corrected chi connectivity index (χ3v) is 5.94. The molecule has 25 heavy (non-hydrogen) atoms. The molecule has 1 aromatic rings. The number of nitrogens with zero attached hydrogens (tertiary/aromatic N) is 4. The fourth-order valence-corrected chi connectivity index (χ4v) is 4.47. The molecule has 0 radical (unpaired) electrons. The minimum atomic E-state index is -0.486. The molecule has 2 amide bonds. The Hall–Kier alpha value is -1.89. The zero-order valence-electron chi connectivity index (χ0n) is 15.4. The van der Waals surface area contributed by atoms with Crippen LogP contribution in [0, 0.1) is 5.41 Å². The van der Waals surface area contributed by atoms with Crippen molar-refractivity contribution in [3.05, 3.63) is 18.0 Å². The van der Waals surface area contributed by atoms with E-state index in [0.717, 1.165) is 25.8 Å². The fourth-order valence-electron chi connectivity index (χ4n) is 4.47. The van der Waals surface area contributed by atoms with Crippen LogP contribution in [0.25, 0.3) is 0 Å². The van der Waals surface area contributed by atoms with Crippen molar-refractivity contribution < 1.29 is 14.7 Å². The smallest absolute Gasteiger partial charge is 0.257 e. The number of aliphatic hydroxyl groups is 1. The molecule has 1 aromatic heterocycles. The highest BCUT2D eigenvalue weighted by Crippen LogP contribution is 2.48. The number of carbonyl (C=O) groups excluding carboxylic acids is 2. The van der Waals surface area contributed by atoms with Crippen LogP contribution in [-0.4, -0.2) is 68.3 Å². The number of piperidine rings is 1. The number of carbonyl (C=O) groups is 2. The normalized spacial score (nSPS) is 25.6. The number of hydrogen-bond donors (Lipinski definition) is 1. The highest BCUT2D eigenvalue weighted by molar-refractivity contribution is 5.93. The lowest BCUT2D eigenvalue weighted by Crippen LogP contribution is -2.46. The number of likely N-dealkylation sites (tertiary alicyclic amines) is 2. The lowest BCUT2D eigenvalue weighted by molar-refractivity contribution is -0.134. The summed E-state index contributed by atoms with van der Waals surface area (Å²) in [6.07, 6.45) is 5.95. The third-order valence-electron chi connectivity index (χ3n) is 5.94. The molecule has 2 aliphatic rings. The molecule has 2 fully saturated rings. The second kappa shape index (κ2) is 6.44. The van der Waals surface area contributed by atoms with Gasteiger partial charge in [-0.3, -0.25) is 14.3 Å². The van der Waals surface area contributed by atoms with E-state index in [2.05, 4.69) is 5.10 Å². The monoisotopic (exact) mass is 348 g/mol. The Morgan fingerprint density at radius 2 is 2.00 bits per heavy atom. The first-order valence-electron chi connectivity index (χ1n) is 9.03. The van der Waals surface area contributed by atoms with Crippen LogP contribution in [0.4, 0.5) is 0 Å². The van der Waals surface area contributed by atoms with Gasteiger partial charge in [-0.25, -0.2) is 0 Å². The Morgan fingerprint density at radius 3 is 2.48 bits per heavy atom. The molecule has 7 nitrogen and oxygen atoms in total. The van der Waals surface area contributed by atoms with Gasteiger partial charge in [-0.1, -0.05) is 0 Å². The molecule has 3 rings (SSSR count). The molecule has 2 aliphatic heterocycles. The van der Waals surface area contributed by atoms with Gasteiger partial charge in [0.1, 0.15) is 0 Å². The van der Waals surface area contributed by atoms with Crippen LogP contribution in [0.5, 0.6) is 0 Å². The quantitative estimate of drug-likeness (QED) is 0.888. The summed E-state index contributed by atoms with van der Waals surface area (Å²) in [4.78, 5) is 28.3. The average Bonchev–Trinajstić information content (AvgIpc) is 3.19. The number of aliphatic hydroxyl groups excluding tert-OH is 1. The topological polar surface area (TPSA) is 78.7 Å². The van der Waals surface area contributed by atoms with Crippen molar-refractivity contribution in [2.24, 2.45) is 5.41 Å². The molecular weight excluding hydrogens is 320 g/mol. The van der Waals surface area contributed by atoms with E-state index in [-0.39, 0.29) is 23.8 Å². The summed E-state index contributed by atoms with van der Waals surface area (Å²) in [5.74, 6) is 0.0415. The summed E-state index contributed by atoms with van der Waals surface area (Å²) < 4.78 is 1.76. The number of aryl methyl sites for hydroxylation is 1. The molecule has 0 unspecified atom stereocenters. The van der Waals surface area contributed by atoms with Gasteiger partial charge in [-0.15, -0.1) is 0 Å². The van der Waals surface area contributed by atoms with Gasteiger partial charge in [0.25, 0.3) is 5.91 Å². The summed E-state index contributed by atoms with van der Waals surface area (Å²) in [5, 5.41) is 14.0. The minimum absolute atomic E-state index is 0.00747. The van der Waals surface area contributed by atoms with Crippen LogP contribution in [0.15, 0.2) is 12.4 Å². The van der Waals surface area contributed by atoms with Crippen LogP contribution in [-0.2, 0) is 11.3 Å². The molecule has 1 atom stereocenters. The highest BCUT2D eigenvalue weighted by Gasteiger charge is 2.52. The first-order valence-corrected chi connectivity index (χ1v) is 9.03. The highest BCUT2D eigenvalue weighted by atomic mass is 16.3. The molecule has 1 spiro atoms. The summed E-state index contributed by atoms with van der Waals surface area (Å²) in [7, 11) is 0. The van der Waals surface area contributed by atoms with E-state index in [4.69, 9.17) is 0 Å². The first kappa shape index (κ1) is 17.9. The van der Waals surface area contributed by atoms with Gasteiger partial charge in [0.15, 0.2) is 0 Å². The van der Waals surface area contributed by atoms with Gasteiger partial charge in [-0.2, -0.15) is 5.10 Å². The van der Waals surface area contributed by atoms with E-state index in [1.165, 1.54) is 0 Å². The molecule has 2 saturated heterocycles. The Morgan fingerprint density at radius 1 is 1.32 bits per heavy atom. The largest absolute Gasteiger partial charge is 0.394 e. The van der Waals surface area contributed by atoms with Crippen molar-refractivity contribution in [1.82, 2.24) is 19.6 Å². The van der Waals surface area contributed by atoms with E-state index >= 15 is 0 Å². The Labute approximate surface area is 148 Å². The summed E-state index contributed by atoms with van der Waals surface area (Å²) in [6, 6.07) is 0. The number of rotatable bonds is 3. The van der Waals surface area contributed by atoms with Crippen molar-refractivity contribution >= 4 is 11.8 Å². The Balaban J connectivity index is 1.67. The average molecular weight is 348 g/mol. The Kier molecular flexibility index (Phi) is 4.62. The number of hydrogen-bond acceptors (Lipinski definition) is 4. The van der Waals surface area contributed by atoms with Crippen molar-refractivity contribution in [2.75, 3.05) is 26.2 Å². The molecule has 0 aliphatic carbocycles. The van der Waals surface area contributed by atoms with Crippen LogP contribution in [0.1, 0.15) is 50.4 Å². The molecule has 1 N–H and O–H groups in total. The number of aromatic nitrogens is 2. The standard InChI is InChI=1S/C18H28N4O3/c1-4-21-10-15(9-19-21)16(25)20-7-5-18(6-8-20)11-17(3,13-23)22(12-18)14(2)24/h9-10,23H,4-8,11-13H2,1-3H3/t17-/m1/s1. The van der Waals surface area contributed by atoms with E-state index in [1.54, 1.807) is 24.0 Å². The maximum atomic E-state index is 12.7. The van der Waals surface area contributed by atoms with E-state index in [0.29, 0.717) is 25.2 Å². The predicted molar refractivity (Wildman–Crippen MR) is 93.0 cm³/mol. The van der Waals surface area contributed by atoms with Crippen LogP contribution in [0.3, 0.4) is 0 Å². The van der Waals surface area contributed by atoms with Crippen molar-refractivity contribution in [1.29, 1.82) is 0 Å². The van der Waals surface area contributed by atoms with Crippen LogP contribution < -0.4 is 0 Å². The predicted octanol–water partition coefficient (Wildman–Crippen LogP) is 1.13. The molecule has 138 valence electrons. The Bertz CT molecular complexity index is 663. The molecule has 0 saturated carbocycles. The fraction of sp³-hybridized carbons (Fsp3) is 0.722. The second-order valence-corrected chi connectivity index (χ2v) is 7.81. The van der Waals surface area contributed by atoms with Crippen molar-refractivity contribution in [3.63, 3.8) is 0 Å². The van der Waals surface area contributed by atoms with Crippen LogP contribution in [0.2, 0.25) is 0 Å². The zero-order valence-corrected chi connectivity index (χ0v) is 15.4. The van der Waals surface area contributed by atoms with Crippen molar-refractivity contribution in [2.45, 2.75) is 52.1 Å². The van der Waals surface area contributed by atoms with Gasteiger partial charge < -0.3 is 14.9 Å². The van der Waals surface area contributed by atoms with Gasteiger partial charge in [0, 0.05) is 39.3 Å². The lowest BCUT2D eigenvalue weighted by Gasteiger charge is -2.39.